The number of carbonyl (C=O) groups is 6. The van der Waals surface area contributed by atoms with Crippen molar-refractivity contribution < 1.29 is 68.9 Å². The summed E-state index contributed by atoms with van der Waals surface area (Å²) in [6.45, 7) is 4.83. The van der Waals surface area contributed by atoms with Gasteiger partial charge in [0.15, 0.2) is 0 Å². The maximum atomic E-state index is 15.2. The van der Waals surface area contributed by atoms with E-state index in [1.165, 1.54) is 89.2 Å². The van der Waals surface area contributed by atoms with E-state index in [9.17, 15) is 21.9 Å². The molecule has 5 aromatic carbocycles. The molecule has 1 aliphatic heterocycles. The van der Waals surface area contributed by atoms with Crippen LogP contribution in [0.5, 0.6) is 34.5 Å². The Morgan fingerprint density at radius 2 is 1.13 bits per heavy atom. The summed E-state index contributed by atoms with van der Waals surface area (Å²) in [5.41, 5.74) is 1.76. The fourth-order valence-electron chi connectivity index (χ4n) is 8.70. The van der Waals surface area contributed by atoms with Gasteiger partial charge in [0.1, 0.15) is 66.7 Å². The molecule has 0 aromatic heterocycles. The maximum Gasteiger partial charge on any atom is 0.488 e. The number of amides is 6. The number of rotatable bonds is 19. The van der Waals surface area contributed by atoms with Gasteiger partial charge in [0.05, 0.1) is 58.4 Å². The second-order valence-corrected chi connectivity index (χ2v) is 19.8. The Balaban J connectivity index is 1.47. The van der Waals surface area contributed by atoms with Gasteiger partial charge in [-0.2, -0.15) is 8.42 Å². The first-order valence-corrected chi connectivity index (χ1v) is 26.8. The van der Waals surface area contributed by atoms with Crippen molar-refractivity contribution in [2.45, 2.75) is 65.3 Å². The lowest BCUT2D eigenvalue weighted by Gasteiger charge is -2.36. The molecule has 79 heavy (non-hydrogen) atoms. The number of para-hydroxylation sites is 2. The van der Waals surface area contributed by atoms with Crippen LogP contribution in [0.3, 0.4) is 0 Å². The summed E-state index contributed by atoms with van der Waals surface area (Å²) < 4.78 is 69.1. The molecule has 1 heterocycles. The minimum Gasteiger partial charge on any atom is -0.497 e. The van der Waals surface area contributed by atoms with Crippen molar-refractivity contribution in [3.63, 3.8) is 0 Å². The predicted octanol–water partition coefficient (Wildman–Crippen LogP) is 6.45. The van der Waals surface area contributed by atoms with Gasteiger partial charge in [-0.1, -0.05) is 64.5 Å². The normalized spacial score (nSPS) is 16.5. The summed E-state index contributed by atoms with van der Waals surface area (Å²) in [6.07, 6.45) is -0.113. The molecule has 22 heteroatoms. The fourth-order valence-corrected chi connectivity index (χ4v) is 9.04. The summed E-state index contributed by atoms with van der Waals surface area (Å²) in [6, 6.07) is 29.6. The molecule has 3 atom stereocenters. The number of hydrogen-bond donors (Lipinski definition) is 1. The van der Waals surface area contributed by atoms with E-state index in [0.29, 0.717) is 33.9 Å². The van der Waals surface area contributed by atoms with Crippen molar-refractivity contribution in [2.75, 3.05) is 78.6 Å². The molecule has 1 N–H and O–H groups in total. The van der Waals surface area contributed by atoms with Crippen LogP contribution in [0.25, 0.3) is 0 Å². The Kier molecular flexibility index (Phi) is 21.2. The largest absolute Gasteiger partial charge is 0.497 e. The number of ether oxygens (including phenoxy) is 5. The van der Waals surface area contributed by atoms with Crippen LogP contribution in [0.4, 0.5) is 9.57 Å². The molecule has 5 aromatic rings. The van der Waals surface area contributed by atoms with Crippen molar-refractivity contribution in [1.29, 1.82) is 0 Å². The Morgan fingerprint density at radius 3 is 1.71 bits per heavy atom. The van der Waals surface area contributed by atoms with Crippen LogP contribution >= 0.6 is 0 Å². The highest BCUT2D eigenvalue weighted by molar-refractivity contribution is 7.81. The highest BCUT2D eigenvalue weighted by Gasteiger charge is 2.35. The topological polar surface area (TPSA) is 220 Å². The van der Waals surface area contributed by atoms with Gasteiger partial charge in [0.25, 0.3) is 0 Å². The quantitative estimate of drug-likeness (QED) is 0.0879. The van der Waals surface area contributed by atoms with Crippen LogP contribution in [0.2, 0.25) is 0 Å². The van der Waals surface area contributed by atoms with Crippen molar-refractivity contribution in [3.8, 4) is 34.5 Å². The molecule has 0 radical (unpaired) electrons. The number of nitrogens with one attached hydrogen (secondary N) is 1. The first-order chi connectivity index (χ1) is 37.7. The third-order valence-corrected chi connectivity index (χ3v) is 13.5. The molecule has 6 rings (SSSR count). The average molecular weight is 1110 g/mol. The monoisotopic (exact) mass is 1110 g/mol. The summed E-state index contributed by atoms with van der Waals surface area (Å²) in [5, 5.41) is 2.71. The lowest BCUT2D eigenvalue weighted by Crippen LogP contribution is -2.55. The van der Waals surface area contributed by atoms with Gasteiger partial charge < -0.3 is 57.7 Å². The molecule has 0 saturated carbocycles. The van der Waals surface area contributed by atoms with Gasteiger partial charge in [0.2, 0.25) is 35.4 Å². The lowest BCUT2D eigenvalue weighted by molar-refractivity contribution is -0.148. The number of hydrogen-bond acceptors (Lipinski definition) is 14. The summed E-state index contributed by atoms with van der Waals surface area (Å²) in [5.74, 6) is -2.58. The van der Waals surface area contributed by atoms with Crippen LogP contribution in [-0.4, -0.2) is 149 Å². The Bertz CT molecular complexity index is 3000. The molecule has 1 fully saturated rings. The number of anilines is 1. The summed E-state index contributed by atoms with van der Waals surface area (Å²) >= 11 is 0. The van der Waals surface area contributed by atoms with E-state index < -0.39 is 96.8 Å². The fraction of sp³-hybridized carbons (Fsp3) is 0.368. The summed E-state index contributed by atoms with van der Waals surface area (Å²) in [4.78, 5) is 95.7. The van der Waals surface area contributed by atoms with E-state index in [1.54, 1.807) is 88.4 Å². The van der Waals surface area contributed by atoms with Gasteiger partial charge >= 0.3 is 10.5 Å². The third-order valence-electron chi connectivity index (χ3n) is 13.1. The van der Waals surface area contributed by atoms with Crippen LogP contribution in [0.15, 0.2) is 121 Å². The van der Waals surface area contributed by atoms with Crippen molar-refractivity contribution in [3.05, 3.63) is 138 Å². The van der Waals surface area contributed by atoms with E-state index in [1.807, 2.05) is 24.3 Å². The van der Waals surface area contributed by atoms with Crippen LogP contribution < -0.4 is 33.3 Å². The number of nitrogens with zero attached hydrogens (tertiary/aromatic N) is 5. The number of methoxy groups -OCH3 is 3. The van der Waals surface area contributed by atoms with Gasteiger partial charge in [-0.15, -0.1) is 0 Å². The van der Waals surface area contributed by atoms with E-state index in [2.05, 4.69) is 9.50 Å². The predicted molar refractivity (Wildman–Crippen MR) is 291 cm³/mol. The van der Waals surface area contributed by atoms with E-state index in [4.69, 9.17) is 23.7 Å². The Labute approximate surface area is 460 Å². The second-order valence-electron chi connectivity index (χ2n) is 18.8. The molecular formula is C57H67FN6O14S. The molecular weight excluding hydrogens is 1040 g/mol. The molecule has 1 aliphatic rings. The number of halogens is 1. The van der Waals surface area contributed by atoms with Crippen LogP contribution in [0, 0.1) is 0 Å². The van der Waals surface area contributed by atoms with Gasteiger partial charge in [-0.25, -0.2) is 0 Å². The highest BCUT2D eigenvalue weighted by Crippen LogP contribution is 2.31. The molecule has 0 aliphatic carbocycles. The van der Waals surface area contributed by atoms with Gasteiger partial charge in [-0.05, 0) is 100 Å². The molecule has 422 valence electrons. The molecule has 0 unspecified atom stereocenters. The minimum atomic E-state index is -5.38. The Morgan fingerprint density at radius 1 is 0.582 bits per heavy atom. The molecule has 6 amide bonds. The third kappa shape index (κ3) is 17.1. The molecule has 0 bridgehead atoms. The smallest absolute Gasteiger partial charge is 0.488 e. The zero-order chi connectivity index (χ0) is 57.4. The molecule has 0 spiro atoms. The van der Waals surface area contributed by atoms with Crippen molar-refractivity contribution >= 4 is 51.6 Å². The number of benzene rings is 5. The second kappa shape index (κ2) is 27.9. The SMILES string of the molecule is COc1ccc([C@H](C)N2CC(=O)N([C@@H](C)c3ccc(OS(=O)(=O)F)cc3)CC(=O)N[C@H](C)C(=O)N(CCc3ccccc3Oc3ccccc3)CC(=O)N(c3cc(OC)cc(OC)c3)CC(=O)N(CCOC(C)C)CC2=O)cc1. The minimum absolute atomic E-state index is 0.0261. The number of carbonyl (C=O) groups excluding carboxylic acids is 6. The first-order valence-electron chi connectivity index (χ1n) is 25.5. The average Bonchev–Trinajstić information content (AvgIpc) is 3.44. The zero-order valence-electron chi connectivity index (χ0n) is 45.5. The van der Waals surface area contributed by atoms with Crippen molar-refractivity contribution in [1.82, 2.24) is 24.9 Å². The lowest BCUT2D eigenvalue weighted by atomic mass is 10.0. The van der Waals surface area contributed by atoms with E-state index in [-0.39, 0.29) is 55.2 Å². The maximum absolute atomic E-state index is 15.2. The van der Waals surface area contributed by atoms with E-state index >= 15 is 19.2 Å². The molecule has 20 nitrogen and oxygen atoms in total. The van der Waals surface area contributed by atoms with Crippen molar-refractivity contribution in [2.24, 2.45) is 0 Å². The van der Waals surface area contributed by atoms with Crippen LogP contribution in [-0.2, 0) is 50.4 Å². The Hall–Kier alpha value is -8.24. The first kappa shape index (κ1) is 60.0. The highest BCUT2D eigenvalue weighted by atomic mass is 32.3. The molecule has 1 saturated heterocycles. The van der Waals surface area contributed by atoms with E-state index in [0.717, 1.165) is 0 Å². The standard InChI is InChI=1S/C57H67FN6O14S/c1-38(2)76-29-28-60-34-54(67)63(41(5)42-18-22-46(73-6)23-19-42)37-56(69)62(40(4)43-20-24-48(25-21-43)78-79(58,71)72)33-52(65)59-39(3)57(70)61(27-26-44-14-12-13-17-51(44)77-47-15-10-9-11-16-47)35-55(68)64(36-53(60)66)45-30-49(74-7)32-50(31-45)75-8/h9-25,30-32,38-41H,26-29,33-37H2,1-8H3,(H,59,65)/t39-,40+,41+/m1/s1. The summed E-state index contributed by atoms with van der Waals surface area (Å²) in [7, 11) is -1.04. The van der Waals surface area contributed by atoms with Gasteiger partial charge in [0, 0.05) is 31.3 Å². The zero-order valence-corrected chi connectivity index (χ0v) is 46.3. The van der Waals surface area contributed by atoms with Crippen LogP contribution in [0.1, 0.15) is 63.4 Å². The van der Waals surface area contributed by atoms with Gasteiger partial charge in [-0.3, -0.25) is 28.8 Å².